The number of benzene rings is 2. The van der Waals surface area contributed by atoms with Crippen LogP contribution in [0.25, 0.3) is 0 Å². The van der Waals surface area contributed by atoms with Crippen molar-refractivity contribution in [1.82, 2.24) is 4.90 Å². The number of carbonyl (C=O) groups excluding carboxylic acids is 2. The average Bonchev–Trinajstić information content (AvgIpc) is 2.81. The third-order valence-electron chi connectivity index (χ3n) is 6.27. The Hall–Kier alpha value is -2.66. The van der Waals surface area contributed by atoms with Gasteiger partial charge in [-0.2, -0.15) is 0 Å². The quantitative estimate of drug-likeness (QED) is 0.400. The van der Waals surface area contributed by atoms with Crippen molar-refractivity contribution in [1.29, 1.82) is 0 Å². The second kappa shape index (κ2) is 11.8. The SMILES string of the molecule is CCOC(=O)C(Cc1ccccc1)(CC1CCN(Cc2ccccc2)CC1)C(=O)OCC. The van der Waals surface area contributed by atoms with Gasteiger partial charge in [0.2, 0.25) is 0 Å². The predicted octanol–water partition coefficient (Wildman–Crippen LogP) is 4.64. The zero-order valence-electron chi connectivity index (χ0n) is 19.3. The Balaban J connectivity index is 1.75. The van der Waals surface area contributed by atoms with Crippen molar-refractivity contribution >= 4 is 11.9 Å². The summed E-state index contributed by atoms with van der Waals surface area (Å²) in [5.41, 5.74) is 0.942. The van der Waals surface area contributed by atoms with Gasteiger partial charge in [0.25, 0.3) is 0 Å². The minimum atomic E-state index is -1.31. The highest BCUT2D eigenvalue weighted by atomic mass is 16.6. The number of ether oxygens (including phenoxy) is 2. The summed E-state index contributed by atoms with van der Waals surface area (Å²) in [6.45, 7) is 6.86. The van der Waals surface area contributed by atoms with Crippen LogP contribution in [0.1, 0.15) is 44.2 Å². The standard InChI is InChI=1S/C27H35NO4/c1-3-31-25(29)27(26(30)32-4-2,19-22-11-7-5-8-12-22)20-23-15-17-28(18-16-23)21-24-13-9-6-10-14-24/h5-14,23H,3-4,15-21H2,1-2H3. The third-order valence-corrected chi connectivity index (χ3v) is 6.27. The molecule has 2 aromatic rings. The fourth-order valence-electron chi connectivity index (χ4n) is 4.63. The molecule has 172 valence electrons. The molecule has 0 atom stereocenters. The fraction of sp³-hybridized carbons (Fsp3) is 0.481. The van der Waals surface area contributed by atoms with Gasteiger partial charge < -0.3 is 9.47 Å². The van der Waals surface area contributed by atoms with Crippen molar-refractivity contribution < 1.29 is 19.1 Å². The Labute approximate surface area is 191 Å². The first-order valence-electron chi connectivity index (χ1n) is 11.7. The van der Waals surface area contributed by atoms with Crippen LogP contribution < -0.4 is 0 Å². The molecule has 0 unspecified atom stereocenters. The van der Waals surface area contributed by atoms with Crippen LogP contribution in [0.5, 0.6) is 0 Å². The highest BCUT2D eigenvalue weighted by Crippen LogP contribution is 2.38. The van der Waals surface area contributed by atoms with E-state index < -0.39 is 17.4 Å². The molecule has 1 fully saturated rings. The summed E-state index contributed by atoms with van der Waals surface area (Å²) in [5, 5.41) is 0. The molecule has 32 heavy (non-hydrogen) atoms. The van der Waals surface area contributed by atoms with Gasteiger partial charge in [0.1, 0.15) is 0 Å². The number of hydrogen-bond acceptors (Lipinski definition) is 5. The van der Waals surface area contributed by atoms with Crippen molar-refractivity contribution in [2.45, 2.75) is 46.1 Å². The second-order valence-corrected chi connectivity index (χ2v) is 8.59. The molecule has 5 nitrogen and oxygen atoms in total. The Bertz CT molecular complexity index is 826. The van der Waals surface area contributed by atoms with E-state index >= 15 is 0 Å². The van der Waals surface area contributed by atoms with Crippen LogP contribution in [0.4, 0.5) is 0 Å². The normalized spacial score (nSPS) is 15.3. The van der Waals surface area contributed by atoms with Crippen LogP contribution in [0, 0.1) is 11.3 Å². The number of rotatable bonds is 10. The summed E-state index contributed by atoms with van der Waals surface area (Å²) in [6.07, 6.45) is 2.65. The first-order valence-corrected chi connectivity index (χ1v) is 11.7. The minimum absolute atomic E-state index is 0.240. The third kappa shape index (κ3) is 6.19. The summed E-state index contributed by atoms with van der Waals surface area (Å²) < 4.78 is 10.9. The maximum absolute atomic E-state index is 13.2. The van der Waals surface area contributed by atoms with Gasteiger partial charge in [-0.25, -0.2) is 0 Å². The Morgan fingerprint density at radius 3 is 1.84 bits per heavy atom. The monoisotopic (exact) mass is 437 g/mol. The molecule has 0 saturated carbocycles. The summed E-state index contributed by atoms with van der Waals surface area (Å²) in [5.74, 6) is -0.664. The van der Waals surface area contributed by atoms with Crippen LogP contribution in [-0.2, 0) is 32.0 Å². The molecule has 0 amide bonds. The van der Waals surface area contributed by atoms with E-state index in [1.165, 1.54) is 5.56 Å². The second-order valence-electron chi connectivity index (χ2n) is 8.59. The van der Waals surface area contributed by atoms with Crippen LogP contribution in [0.15, 0.2) is 60.7 Å². The smallest absolute Gasteiger partial charge is 0.323 e. The zero-order valence-corrected chi connectivity index (χ0v) is 19.3. The summed E-state index contributed by atoms with van der Waals surface area (Å²) in [6, 6.07) is 20.2. The van der Waals surface area contributed by atoms with Crippen LogP contribution in [-0.4, -0.2) is 43.1 Å². The first kappa shape index (κ1) is 24.0. The van der Waals surface area contributed by atoms with Crippen molar-refractivity contribution in [2.24, 2.45) is 11.3 Å². The average molecular weight is 438 g/mol. The van der Waals surface area contributed by atoms with Gasteiger partial charge in [0.05, 0.1) is 13.2 Å². The summed E-state index contributed by atoms with van der Waals surface area (Å²) in [7, 11) is 0. The molecule has 1 aliphatic heterocycles. The lowest BCUT2D eigenvalue weighted by atomic mass is 9.72. The number of hydrogen-bond donors (Lipinski definition) is 0. The molecular weight excluding hydrogens is 402 g/mol. The van der Waals surface area contributed by atoms with Crippen LogP contribution in [0.3, 0.4) is 0 Å². The number of piperidine rings is 1. The molecule has 0 aliphatic carbocycles. The van der Waals surface area contributed by atoms with E-state index in [4.69, 9.17) is 9.47 Å². The van der Waals surface area contributed by atoms with E-state index in [0.717, 1.165) is 38.0 Å². The zero-order chi connectivity index (χ0) is 22.8. The lowest BCUT2D eigenvalue weighted by Gasteiger charge is -2.37. The van der Waals surface area contributed by atoms with Crippen molar-refractivity contribution in [3.63, 3.8) is 0 Å². The molecule has 2 aromatic carbocycles. The molecule has 1 saturated heterocycles. The van der Waals surface area contributed by atoms with Crippen molar-refractivity contribution in [3.8, 4) is 0 Å². The van der Waals surface area contributed by atoms with E-state index in [0.29, 0.717) is 12.8 Å². The maximum atomic E-state index is 13.2. The topological polar surface area (TPSA) is 55.8 Å². The van der Waals surface area contributed by atoms with E-state index in [1.54, 1.807) is 13.8 Å². The Kier molecular flexibility index (Phi) is 8.86. The molecule has 3 rings (SSSR count). The highest BCUT2D eigenvalue weighted by molar-refractivity contribution is 6.00. The Morgan fingerprint density at radius 2 is 1.34 bits per heavy atom. The molecular formula is C27H35NO4. The predicted molar refractivity (Wildman–Crippen MR) is 125 cm³/mol. The number of carbonyl (C=O) groups is 2. The maximum Gasteiger partial charge on any atom is 0.323 e. The number of esters is 2. The van der Waals surface area contributed by atoms with Gasteiger partial charge in [-0.1, -0.05) is 60.7 Å². The lowest BCUT2D eigenvalue weighted by molar-refractivity contribution is -0.174. The molecule has 0 N–H and O–H groups in total. The first-order chi connectivity index (χ1) is 15.6. The summed E-state index contributed by atoms with van der Waals surface area (Å²) >= 11 is 0. The fourth-order valence-corrected chi connectivity index (χ4v) is 4.63. The molecule has 1 aliphatic rings. The van der Waals surface area contributed by atoms with Gasteiger partial charge >= 0.3 is 11.9 Å². The number of nitrogens with zero attached hydrogens (tertiary/aromatic N) is 1. The van der Waals surface area contributed by atoms with Crippen LogP contribution in [0.2, 0.25) is 0 Å². The number of likely N-dealkylation sites (tertiary alicyclic amines) is 1. The van der Waals surface area contributed by atoms with Crippen molar-refractivity contribution in [3.05, 3.63) is 71.8 Å². The Morgan fingerprint density at radius 1 is 0.844 bits per heavy atom. The van der Waals surface area contributed by atoms with E-state index in [1.807, 2.05) is 36.4 Å². The molecule has 0 spiro atoms. The lowest BCUT2D eigenvalue weighted by Crippen LogP contribution is -2.46. The van der Waals surface area contributed by atoms with Crippen molar-refractivity contribution in [2.75, 3.05) is 26.3 Å². The van der Waals surface area contributed by atoms with E-state index in [9.17, 15) is 9.59 Å². The van der Waals surface area contributed by atoms with Crippen LogP contribution >= 0.6 is 0 Å². The summed E-state index contributed by atoms with van der Waals surface area (Å²) in [4.78, 5) is 28.9. The van der Waals surface area contributed by atoms with Gasteiger partial charge in [-0.05, 0) is 69.7 Å². The van der Waals surface area contributed by atoms with E-state index in [-0.39, 0.29) is 19.1 Å². The largest absolute Gasteiger partial charge is 0.465 e. The highest BCUT2D eigenvalue weighted by Gasteiger charge is 2.50. The van der Waals surface area contributed by atoms with Gasteiger partial charge in [-0.15, -0.1) is 0 Å². The minimum Gasteiger partial charge on any atom is -0.465 e. The van der Waals surface area contributed by atoms with Gasteiger partial charge in [-0.3, -0.25) is 14.5 Å². The molecule has 0 aromatic heterocycles. The van der Waals surface area contributed by atoms with Gasteiger partial charge in [0.15, 0.2) is 5.41 Å². The molecule has 0 bridgehead atoms. The molecule has 0 radical (unpaired) electrons. The van der Waals surface area contributed by atoms with Gasteiger partial charge in [0, 0.05) is 6.54 Å². The van der Waals surface area contributed by atoms with E-state index in [2.05, 4.69) is 29.2 Å². The molecule has 1 heterocycles. The molecule has 5 heteroatoms.